The van der Waals surface area contributed by atoms with Crippen LogP contribution >= 0.6 is 11.8 Å². The van der Waals surface area contributed by atoms with Crippen LogP contribution in [0.5, 0.6) is 0 Å². The second kappa shape index (κ2) is 7.45. The summed E-state index contributed by atoms with van der Waals surface area (Å²) in [5.74, 6) is 0.0661. The van der Waals surface area contributed by atoms with Gasteiger partial charge in [-0.3, -0.25) is 9.59 Å². The van der Waals surface area contributed by atoms with Gasteiger partial charge < -0.3 is 5.32 Å². The van der Waals surface area contributed by atoms with Crippen LogP contribution in [0.15, 0.2) is 29.4 Å². The minimum atomic E-state index is -0.0530. The SMILES string of the molecule is CCC(SC)C(=O)Nc1ccc(C2=NNC(=O)CC2C)cc1. The summed E-state index contributed by atoms with van der Waals surface area (Å²) in [5, 5.41) is 7.03. The molecule has 118 valence electrons. The zero-order valence-corrected chi connectivity index (χ0v) is 13.9. The molecule has 0 spiro atoms. The molecule has 1 aromatic rings. The molecule has 1 aliphatic heterocycles. The maximum atomic E-state index is 12.0. The summed E-state index contributed by atoms with van der Waals surface area (Å²) in [6.07, 6.45) is 3.19. The van der Waals surface area contributed by atoms with Crippen LogP contribution < -0.4 is 10.7 Å². The first-order valence-electron chi connectivity index (χ1n) is 7.35. The van der Waals surface area contributed by atoms with Crippen LogP contribution in [-0.2, 0) is 9.59 Å². The molecule has 2 rings (SSSR count). The zero-order valence-electron chi connectivity index (χ0n) is 13.1. The fraction of sp³-hybridized carbons (Fsp3) is 0.438. The van der Waals surface area contributed by atoms with Crippen molar-refractivity contribution >= 4 is 35.0 Å². The lowest BCUT2D eigenvalue weighted by atomic mass is 9.94. The Morgan fingerprint density at radius 2 is 2.14 bits per heavy atom. The first-order chi connectivity index (χ1) is 10.5. The molecule has 6 heteroatoms. The summed E-state index contributed by atoms with van der Waals surface area (Å²) >= 11 is 1.55. The smallest absolute Gasteiger partial charge is 0.240 e. The molecule has 0 saturated carbocycles. The molecular weight excluding hydrogens is 298 g/mol. The van der Waals surface area contributed by atoms with Crippen molar-refractivity contribution in [3.63, 3.8) is 0 Å². The third kappa shape index (κ3) is 3.88. The van der Waals surface area contributed by atoms with Crippen molar-refractivity contribution in [2.24, 2.45) is 11.0 Å². The van der Waals surface area contributed by atoms with Gasteiger partial charge in [0.1, 0.15) is 0 Å². The van der Waals surface area contributed by atoms with Gasteiger partial charge in [0.25, 0.3) is 0 Å². The standard InChI is InChI=1S/C16H21N3O2S/c1-4-13(22-3)16(21)17-12-7-5-11(6-8-12)15-10(2)9-14(20)18-19-15/h5-8,10,13H,4,9H2,1-3H3,(H,17,21)(H,18,20). The van der Waals surface area contributed by atoms with Crippen molar-refractivity contribution in [2.45, 2.75) is 31.9 Å². The van der Waals surface area contributed by atoms with Crippen molar-refractivity contribution in [3.8, 4) is 0 Å². The minimum absolute atomic E-state index is 0.0263. The lowest BCUT2D eigenvalue weighted by molar-refractivity contribution is -0.122. The minimum Gasteiger partial charge on any atom is -0.325 e. The number of carbonyl (C=O) groups is 2. The molecule has 0 radical (unpaired) electrons. The lowest BCUT2D eigenvalue weighted by Crippen LogP contribution is -2.31. The normalized spacial score (nSPS) is 19.1. The van der Waals surface area contributed by atoms with E-state index in [0.29, 0.717) is 6.42 Å². The Balaban J connectivity index is 2.08. The highest BCUT2D eigenvalue weighted by Gasteiger charge is 2.21. The predicted octanol–water partition coefficient (Wildman–Crippen LogP) is 2.63. The highest BCUT2D eigenvalue weighted by Crippen LogP contribution is 2.19. The second-order valence-electron chi connectivity index (χ2n) is 5.34. The van der Waals surface area contributed by atoms with E-state index in [-0.39, 0.29) is 23.0 Å². The quantitative estimate of drug-likeness (QED) is 0.876. The number of benzene rings is 1. The van der Waals surface area contributed by atoms with Crippen molar-refractivity contribution in [2.75, 3.05) is 11.6 Å². The molecule has 0 fully saturated rings. The predicted molar refractivity (Wildman–Crippen MR) is 91.1 cm³/mol. The van der Waals surface area contributed by atoms with Crippen LogP contribution in [0.3, 0.4) is 0 Å². The van der Waals surface area contributed by atoms with Crippen LogP contribution in [-0.4, -0.2) is 29.0 Å². The molecule has 2 unspecified atom stereocenters. The van der Waals surface area contributed by atoms with Crippen LogP contribution in [0.25, 0.3) is 0 Å². The number of nitrogens with one attached hydrogen (secondary N) is 2. The summed E-state index contributed by atoms with van der Waals surface area (Å²) in [7, 11) is 0. The van der Waals surface area contributed by atoms with Crippen LogP contribution in [0.4, 0.5) is 5.69 Å². The maximum absolute atomic E-state index is 12.0. The molecular formula is C16H21N3O2S. The maximum Gasteiger partial charge on any atom is 0.240 e. The van der Waals surface area contributed by atoms with Gasteiger partial charge in [0, 0.05) is 18.0 Å². The van der Waals surface area contributed by atoms with E-state index < -0.39 is 0 Å². The number of hydrazone groups is 1. The first-order valence-corrected chi connectivity index (χ1v) is 8.64. The largest absolute Gasteiger partial charge is 0.325 e. The summed E-state index contributed by atoms with van der Waals surface area (Å²) in [6, 6.07) is 7.57. The summed E-state index contributed by atoms with van der Waals surface area (Å²) < 4.78 is 0. The third-order valence-electron chi connectivity index (χ3n) is 3.66. The van der Waals surface area contributed by atoms with Gasteiger partial charge in [0.15, 0.2) is 0 Å². The van der Waals surface area contributed by atoms with Gasteiger partial charge in [-0.25, -0.2) is 5.43 Å². The summed E-state index contributed by atoms with van der Waals surface area (Å²) in [4.78, 5) is 23.3. The molecule has 1 aliphatic rings. The molecule has 0 saturated heterocycles. The molecule has 2 N–H and O–H groups in total. The Morgan fingerprint density at radius 3 is 2.68 bits per heavy atom. The Hall–Kier alpha value is -1.82. The number of nitrogens with zero attached hydrogens (tertiary/aromatic N) is 1. The third-order valence-corrected chi connectivity index (χ3v) is 4.77. The Kier molecular flexibility index (Phi) is 5.60. The first kappa shape index (κ1) is 16.5. The molecule has 0 bridgehead atoms. The van der Waals surface area contributed by atoms with E-state index in [1.54, 1.807) is 11.8 Å². The number of carbonyl (C=O) groups excluding carboxylic acids is 2. The summed E-state index contributed by atoms with van der Waals surface area (Å²) in [6.45, 7) is 3.98. The summed E-state index contributed by atoms with van der Waals surface area (Å²) in [5.41, 5.74) is 5.12. The monoisotopic (exact) mass is 319 g/mol. The van der Waals surface area contributed by atoms with Crippen LogP contribution in [0.2, 0.25) is 0 Å². The van der Waals surface area contributed by atoms with E-state index in [4.69, 9.17) is 0 Å². The molecule has 1 heterocycles. The fourth-order valence-electron chi connectivity index (χ4n) is 2.41. The van der Waals surface area contributed by atoms with E-state index in [1.807, 2.05) is 44.4 Å². The van der Waals surface area contributed by atoms with Crippen molar-refractivity contribution in [1.82, 2.24) is 5.43 Å². The van der Waals surface area contributed by atoms with Gasteiger partial charge in [0.05, 0.1) is 11.0 Å². The fourth-order valence-corrected chi connectivity index (χ4v) is 3.01. The van der Waals surface area contributed by atoms with E-state index in [0.717, 1.165) is 23.4 Å². The van der Waals surface area contributed by atoms with Crippen LogP contribution in [0.1, 0.15) is 32.3 Å². The number of hydrogen-bond donors (Lipinski definition) is 2. The molecule has 22 heavy (non-hydrogen) atoms. The molecule has 1 aromatic carbocycles. The van der Waals surface area contributed by atoms with E-state index >= 15 is 0 Å². The zero-order chi connectivity index (χ0) is 16.1. The molecule has 0 aromatic heterocycles. The Morgan fingerprint density at radius 1 is 1.45 bits per heavy atom. The Bertz CT molecular complexity index is 580. The lowest BCUT2D eigenvalue weighted by Gasteiger charge is -2.19. The van der Waals surface area contributed by atoms with Gasteiger partial charge in [-0.1, -0.05) is 26.0 Å². The molecule has 5 nitrogen and oxygen atoms in total. The van der Waals surface area contributed by atoms with Gasteiger partial charge in [-0.2, -0.15) is 16.9 Å². The number of hydrogen-bond acceptors (Lipinski definition) is 4. The van der Waals surface area contributed by atoms with Gasteiger partial charge in [-0.05, 0) is 30.4 Å². The number of anilines is 1. The molecule has 2 amide bonds. The number of thioether (sulfide) groups is 1. The second-order valence-corrected chi connectivity index (χ2v) is 6.38. The van der Waals surface area contributed by atoms with Crippen molar-refractivity contribution in [3.05, 3.63) is 29.8 Å². The average Bonchev–Trinajstić information content (AvgIpc) is 2.49. The molecule has 0 aliphatic carbocycles. The Labute approximate surface area is 134 Å². The number of amides is 2. The van der Waals surface area contributed by atoms with Gasteiger partial charge >= 0.3 is 0 Å². The van der Waals surface area contributed by atoms with E-state index in [9.17, 15) is 9.59 Å². The van der Waals surface area contributed by atoms with Crippen molar-refractivity contribution < 1.29 is 9.59 Å². The van der Waals surface area contributed by atoms with Gasteiger partial charge in [-0.15, -0.1) is 0 Å². The highest BCUT2D eigenvalue weighted by molar-refractivity contribution is 7.99. The number of rotatable bonds is 5. The highest BCUT2D eigenvalue weighted by atomic mass is 32.2. The van der Waals surface area contributed by atoms with E-state index in [2.05, 4.69) is 15.8 Å². The van der Waals surface area contributed by atoms with Gasteiger partial charge in [0.2, 0.25) is 11.8 Å². The topological polar surface area (TPSA) is 70.6 Å². The van der Waals surface area contributed by atoms with Crippen LogP contribution in [0, 0.1) is 5.92 Å². The van der Waals surface area contributed by atoms with E-state index in [1.165, 1.54) is 0 Å². The average molecular weight is 319 g/mol. The van der Waals surface area contributed by atoms with Crippen molar-refractivity contribution in [1.29, 1.82) is 0 Å². The molecule has 2 atom stereocenters.